The highest BCUT2D eigenvalue weighted by atomic mass is 16.6. The fraction of sp³-hybridized carbons (Fsp3) is 0.214. The summed E-state index contributed by atoms with van der Waals surface area (Å²) in [5.41, 5.74) is 2.34. The Kier molecular flexibility index (Phi) is 4.07. The number of benzene rings is 1. The molecular weight excluding hydrogens is 242 g/mol. The first-order chi connectivity index (χ1) is 9.15. The van der Waals surface area contributed by atoms with Gasteiger partial charge in [0.2, 0.25) is 0 Å². The van der Waals surface area contributed by atoms with E-state index >= 15 is 0 Å². The van der Waals surface area contributed by atoms with Crippen LogP contribution in [-0.4, -0.2) is 16.5 Å². The number of nitro groups is 1. The largest absolute Gasteiger partial charge is 0.370 e. The molecule has 0 aliphatic carbocycles. The van der Waals surface area contributed by atoms with Crippen LogP contribution >= 0.6 is 0 Å². The molecule has 0 spiro atoms. The van der Waals surface area contributed by atoms with Crippen molar-refractivity contribution >= 4 is 11.5 Å². The minimum atomic E-state index is -0.390. The standard InChI is InChI=1S/C14H15N3O2/c1-11-6-8-15-14(10-11)16-9-7-12-2-4-13(5-3-12)17(18)19/h2-6,8,10H,7,9H2,1H3,(H,15,16). The van der Waals surface area contributed by atoms with Gasteiger partial charge in [-0.15, -0.1) is 0 Å². The normalized spacial score (nSPS) is 10.2. The van der Waals surface area contributed by atoms with Crippen LogP contribution in [-0.2, 0) is 6.42 Å². The molecule has 0 amide bonds. The number of aryl methyl sites for hydroxylation is 1. The Balaban J connectivity index is 1.87. The first-order valence-electron chi connectivity index (χ1n) is 6.05. The molecule has 1 heterocycles. The van der Waals surface area contributed by atoms with Gasteiger partial charge < -0.3 is 5.32 Å². The molecule has 0 aliphatic rings. The average Bonchev–Trinajstić information content (AvgIpc) is 2.39. The van der Waals surface area contributed by atoms with E-state index in [2.05, 4.69) is 10.3 Å². The van der Waals surface area contributed by atoms with E-state index in [1.807, 2.05) is 19.1 Å². The molecular formula is C14H15N3O2. The number of nitro benzene ring substituents is 1. The first-order valence-corrected chi connectivity index (χ1v) is 6.05. The van der Waals surface area contributed by atoms with Gasteiger partial charge in [-0.3, -0.25) is 10.1 Å². The Bertz CT molecular complexity index is 567. The molecule has 1 N–H and O–H groups in total. The van der Waals surface area contributed by atoms with Crippen molar-refractivity contribution in [2.75, 3.05) is 11.9 Å². The third-order valence-electron chi connectivity index (χ3n) is 2.78. The molecule has 5 heteroatoms. The topological polar surface area (TPSA) is 68.1 Å². The smallest absolute Gasteiger partial charge is 0.269 e. The maximum absolute atomic E-state index is 10.5. The van der Waals surface area contributed by atoms with Gasteiger partial charge in [0.25, 0.3) is 5.69 Å². The molecule has 2 rings (SSSR count). The van der Waals surface area contributed by atoms with Crippen molar-refractivity contribution in [1.29, 1.82) is 0 Å². The van der Waals surface area contributed by atoms with E-state index in [4.69, 9.17) is 0 Å². The van der Waals surface area contributed by atoms with E-state index in [0.717, 1.165) is 29.9 Å². The van der Waals surface area contributed by atoms with Crippen LogP contribution in [0.4, 0.5) is 11.5 Å². The van der Waals surface area contributed by atoms with Crippen LogP contribution in [0.1, 0.15) is 11.1 Å². The summed E-state index contributed by atoms with van der Waals surface area (Å²) >= 11 is 0. The van der Waals surface area contributed by atoms with E-state index in [1.54, 1.807) is 18.3 Å². The number of anilines is 1. The molecule has 0 saturated heterocycles. The Morgan fingerprint density at radius 1 is 1.26 bits per heavy atom. The second-order valence-corrected chi connectivity index (χ2v) is 4.32. The van der Waals surface area contributed by atoms with Gasteiger partial charge in [-0.05, 0) is 36.6 Å². The molecule has 1 aromatic heterocycles. The fourth-order valence-corrected chi connectivity index (χ4v) is 1.75. The van der Waals surface area contributed by atoms with E-state index in [9.17, 15) is 10.1 Å². The predicted octanol–water partition coefficient (Wildman–Crippen LogP) is 2.95. The lowest BCUT2D eigenvalue weighted by Crippen LogP contribution is -2.06. The molecule has 1 aromatic carbocycles. The van der Waals surface area contributed by atoms with Crippen LogP contribution in [0.25, 0.3) is 0 Å². The van der Waals surface area contributed by atoms with Gasteiger partial charge in [0.15, 0.2) is 0 Å². The number of aromatic nitrogens is 1. The molecule has 0 fully saturated rings. The van der Waals surface area contributed by atoms with Gasteiger partial charge in [0.1, 0.15) is 5.82 Å². The average molecular weight is 257 g/mol. The van der Waals surface area contributed by atoms with Gasteiger partial charge in [0, 0.05) is 24.9 Å². The van der Waals surface area contributed by atoms with Crippen molar-refractivity contribution in [3.63, 3.8) is 0 Å². The molecule has 98 valence electrons. The van der Waals surface area contributed by atoms with Crippen LogP contribution in [0.2, 0.25) is 0 Å². The lowest BCUT2D eigenvalue weighted by molar-refractivity contribution is -0.384. The molecule has 0 atom stereocenters. The summed E-state index contributed by atoms with van der Waals surface area (Å²) in [5.74, 6) is 0.849. The summed E-state index contributed by atoms with van der Waals surface area (Å²) in [6.07, 6.45) is 2.57. The summed E-state index contributed by atoms with van der Waals surface area (Å²) in [6.45, 7) is 2.76. The monoisotopic (exact) mass is 257 g/mol. The predicted molar refractivity (Wildman–Crippen MR) is 74.3 cm³/mol. The highest BCUT2D eigenvalue weighted by Gasteiger charge is 2.03. The Morgan fingerprint density at radius 2 is 2.00 bits per heavy atom. The zero-order valence-corrected chi connectivity index (χ0v) is 10.7. The molecule has 0 bridgehead atoms. The number of nitrogens with one attached hydrogen (secondary N) is 1. The number of pyridine rings is 1. The zero-order chi connectivity index (χ0) is 13.7. The van der Waals surface area contributed by atoms with Gasteiger partial charge in [-0.1, -0.05) is 12.1 Å². The summed E-state index contributed by atoms with van der Waals surface area (Å²) in [5, 5.41) is 13.8. The maximum atomic E-state index is 10.5. The van der Waals surface area contributed by atoms with Crippen molar-refractivity contribution in [2.45, 2.75) is 13.3 Å². The van der Waals surface area contributed by atoms with Crippen molar-refractivity contribution in [3.8, 4) is 0 Å². The summed E-state index contributed by atoms with van der Waals surface area (Å²) in [6, 6.07) is 10.5. The van der Waals surface area contributed by atoms with Gasteiger partial charge in [0.05, 0.1) is 4.92 Å². The van der Waals surface area contributed by atoms with Crippen LogP contribution < -0.4 is 5.32 Å². The molecule has 0 radical (unpaired) electrons. The van der Waals surface area contributed by atoms with E-state index in [-0.39, 0.29) is 5.69 Å². The molecule has 19 heavy (non-hydrogen) atoms. The number of hydrogen-bond acceptors (Lipinski definition) is 4. The number of rotatable bonds is 5. The van der Waals surface area contributed by atoms with Gasteiger partial charge in [-0.2, -0.15) is 0 Å². The van der Waals surface area contributed by atoms with Crippen LogP contribution in [0, 0.1) is 17.0 Å². The number of nitrogens with zero attached hydrogens (tertiary/aromatic N) is 2. The van der Waals surface area contributed by atoms with E-state index in [0.29, 0.717) is 0 Å². The minimum absolute atomic E-state index is 0.122. The number of non-ortho nitro benzene ring substituents is 1. The zero-order valence-electron chi connectivity index (χ0n) is 10.7. The highest BCUT2D eigenvalue weighted by Crippen LogP contribution is 2.12. The van der Waals surface area contributed by atoms with Crippen LogP contribution in [0.5, 0.6) is 0 Å². The summed E-state index contributed by atoms with van der Waals surface area (Å²) in [4.78, 5) is 14.3. The first kappa shape index (κ1) is 13.0. The lowest BCUT2D eigenvalue weighted by Gasteiger charge is -2.06. The fourth-order valence-electron chi connectivity index (χ4n) is 1.75. The second-order valence-electron chi connectivity index (χ2n) is 4.32. The van der Waals surface area contributed by atoms with Gasteiger partial charge in [-0.25, -0.2) is 4.98 Å². The molecule has 0 unspecified atom stereocenters. The number of hydrogen-bond donors (Lipinski definition) is 1. The Morgan fingerprint density at radius 3 is 2.63 bits per heavy atom. The van der Waals surface area contributed by atoms with E-state index < -0.39 is 4.92 Å². The molecule has 5 nitrogen and oxygen atoms in total. The lowest BCUT2D eigenvalue weighted by atomic mass is 10.1. The summed E-state index contributed by atoms with van der Waals surface area (Å²) < 4.78 is 0. The minimum Gasteiger partial charge on any atom is -0.370 e. The van der Waals surface area contributed by atoms with E-state index in [1.165, 1.54) is 12.1 Å². The third kappa shape index (κ3) is 3.77. The molecule has 2 aromatic rings. The van der Waals surface area contributed by atoms with Crippen LogP contribution in [0.3, 0.4) is 0 Å². The van der Waals surface area contributed by atoms with Crippen molar-refractivity contribution in [1.82, 2.24) is 4.98 Å². The van der Waals surface area contributed by atoms with Crippen molar-refractivity contribution < 1.29 is 4.92 Å². The van der Waals surface area contributed by atoms with Crippen LogP contribution in [0.15, 0.2) is 42.6 Å². The Hall–Kier alpha value is -2.43. The Labute approximate surface area is 111 Å². The van der Waals surface area contributed by atoms with Crippen molar-refractivity contribution in [3.05, 3.63) is 63.8 Å². The molecule has 0 saturated carbocycles. The second kappa shape index (κ2) is 5.95. The maximum Gasteiger partial charge on any atom is 0.269 e. The highest BCUT2D eigenvalue weighted by molar-refractivity contribution is 5.38. The summed E-state index contributed by atoms with van der Waals surface area (Å²) in [7, 11) is 0. The SMILES string of the molecule is Cc1ccnc(NCCc2ccc([N+](=O)[O-])cc2)c1. The third-order valence-corrected chi connectivity index (χ3v) is 2.78. The van der Waals surface area contributed by atoms with Gasteiger partial charge >= 0.3 is 0 Å². The molecule has 0 aliphatic heterocycles. The quantitative estimate of drug-likeness (QED) is 0.660. The van der Waals surface area contributed by atoms with Crippen molar-refractivity contribution in [2.24, 2.45) is 0 Å².